The van der Waals surface area contributed by atoms with Crippen molar-refractivity contribution in [3.63, 3.8) is 0 Å². The van der Waals surface area contributed by atoms with E-state index in [1.54, 1.807) is 7.11 Å². The summed E-state index contributed by atoms with van der Waals surface area (Å²) in [4.78, 5) is 13.2. The smallest absolute Gasteiger partial charge is 0.224 e. The molecule has 0 unspecified atom stereocenters. The van der Waals surface area contributed by atoms with Gasteiger partial charge in [-0.25, -0.2) is 9.97 Å². The Morgan fingerprint density at radius 1 is 1.15 bits per heavy atom. The topological polar surface area (TPSA) is 71.0 Å². The molecule has 2 saturated heterocycles. The average Bonchev–Trinajstić information content (AvgIpc) is 2.68. The number of hydrogen-bond acceptors (Lipinski definition) is 7. The zero-order valence-corrected chi connectivity index (χ0v) is 15.2. The summed E-state index contributed by atoms with van der Waals surface area (Å²) in [6, 6.07) is 6.23. The highest BCUT2D eigenvalue weighted by molar-refractivity contribution is 5.86. The number of β-amino-alcohol motifs (C(OH)–C–C–N with tert-alkyl or cyclic N) is 1. The molecule has 7 heteroatoms. The summed E-state index contributed by atoms with van der Waals surface area (Å²) in [6.07, 6.45) is 3.00. The third-order valence-electron chi connectivity index (χ3n) is 5.45. The van der Waals surface area contributed by atoms with Gasteiger partial charge in [0.1, 0.15) is 6.33 Å². The van der Waals surface area contributed by atoms with Gasteiger partial charge in [0.05, 0.1) is 23.6 Å². The molecule has 0 spiro atoms. The van der Waals surface area contributed by atoms with Gasteiger partial charge in [-0.15, -0.1) is 0 Å². The van der Waals surface area contributed by atoms with Crippen molar-refractivity contribution in [2.45, 2.75) is 18.4 Å². The molecule has 0 bridgehead atoms. The van der Waals surface area contributed by atoms with E-state index in [0.29, 0.717) is 19.1 Å². The lowest BCUT2D eigenvalue weighted by Crippen LogP contribution is -2.53. The third kappa shape index (κ3) is 3.60. The molecular weight excluding hydrogens is 332 g/mol. The molecule has 2 aliphatic rings. The van der Waals surface area contributed by atoms with E-state index in [1.165, 1.54) is 6.33 Å². The highest BCUT2D eigenvalue weighted by atomic mass is 16.5. The van der Waals surface area contributed by atoms with Crippen LogP contribution in [0.4, 0.5) is 5.69 Å². The molecule has 140 valence electrons. The Morgan fingerprint density at radius 2 is 1.92 bits per heavy atom. The molecule has 0 amide bonds. The number of hydrogen-bond donors (Lipinski definition) is 1. The van der Waals surface area contributed by atoms with Crippen molar-refractivity contribution >= 4 is 16.6 Å². The largest absolute Gasteiger partial charge is 0.480 e. The molecule has 4 rings (SSSR count). The second-order valence-electron chi connectivity index (χ2n) is 7.18. The highest BCUT2D eigenvalue weighted by Gasteiger charge is 2.33. The Hall–Kier alpha value is -1.96. The second-order valence-corrected chi connectivity index (χ2v) is 7.18. The van der Waals surface area contributed by atoms with E-state index < -0.39 is 5.60 Å². The number of aromatic nitrogens is 2. The SMILES string of the molecule is COc1ncnc2ccc(N3CCN(CC4(O)CCOCC4)CC3)cc12. The van der Waals surface area contributed by atoms with Crippen LogP contribution in [0.2, 0.25) is 0 Å². The van der Waals surface area contributed by atoms with Gasteiger partial charge in [0.15, 0.2) is 0 Å². The van der Waals surface area contributed by atoms with Crippen LogP contribution in [0.1, 0.15) is 12.8 Å². The number of nitrogens with zero attached hydrogens (tertiary/aromatic N) is 4. The standard InChI is InChI=1S/C19H26N4O3/c1-25-18-16-12-15(2-3-17(16)20-14-21-18)23-8-6-22(7-9-23)13-19(24)4-10-26-11-5-19/h2-3,12,14,24H,4-11,13H2,1H3. The maximum absolute atomic E-state index is 10.7. The Bertz CT molecular complexity index is 756. The van der Waals surface area contributed by atoms with Crippen LogP contribution in [0.3, 0.4) is 0 Å². The minimum absolute atomic E-state index is 0.589. The summed E-state index contributed by atoms with van der Waals surface area (Å²) in [5.41, 5.74) is 1.46. The van der Waals surface area contributed by atoms with Crippen molar-refractivity contribution in [1.29, 1.82) is 0 Å². The van der Waals surface area contributed by atoms with E-state index in [4.69, 9.17) is 9.47 Å². The lowest BCUT2D eigenvalue weighted by Gasteiger charge is -2.41. The van der Waals surface area contributed by atoms with Crippen molar-refractivity contribution in [2.24, 2.45) is 0 Å². The summed E-state index contributed by atoms with van der Waals surface area (Å²) < 4.78 is 10.7. The van der Waals surface area contributed by atoms with E-state index in [1.807, 2.05) is 6.07 Å². The van der Waals surface area contributed by atoms with Crippen molar-refractivity contribution in [1.82, 2.24) is 14.9 Å². The lowest BCUT2D eigenvalue weighted by molar-refractivity contribution is -0.0802. The Morgan fingerprint density at radius 3 is 2.65 bits per heavy atom. The number of ether oxygens (including phenoxy) is 2. The van der Waals surface area contributed by atoms with Crippen molar-refractivity contribution < 1.29 is 14.6 Å². The van der Waals surface area contributed by atoms with Gasteiger partial charge in [-0.3, -0.25) is 4.90 Å². The first-order chi connectivity index (χ1) is 12.7. The number of piperazine rings is 1. The van der Waals surface area contributed by atoms with Gasteiger partial charge in [-0.1, -0.05) is 0 Å². The van der Waals surface area contributed by atoms with E-state index >= 15 is 0 Å². The van der Waals surface area contributed by atoms with Crippen LogP contribution in [0.15, 0.2) is 24.5 Å². The highest BCUT2D eigenvalue weighted by Crippen LogP contribution is 2.28. The van der Waals surface area contributed by atoms with Crippen LogP contribution in [0.25, 0.3) is 10.9 Å². The number of methoxy groups -OCH3 is 1. The minimum Gasteiger partial charge on any atom is -0.480 e. The van der Waals surface area contributed by atoms with E-state index in [0.717, 1.165) is 62.2 Å². The van der Waals surface area contributed by atoms with Crippen LogP contribution in [-0.4, -0.2) is 78.6 Å². The molecule has 2 fully saturated rings. The van der Waals surface area contributed by atoms with Gasteiger partial charge in [0.2, 0.25) is 5.88 Å². The van der Waals surface area contributed by atoms with Crippen LogP contribution < -0.4 is 9.64 Å². The summed E-state index contributed by atoms with van der Waals surface area (Å²) in [5.74, 6) is 0.609. The Balaban J connectivity index is 1.42. The molecule has 0 atom stereocenters. The molecule has 2 aromatic rings. The van der Waals surface area contributed by atoms with Gasteiger partial charge >= 0.3 is 0 Å². The first-order valence-electron chi connectivity index (χ1n) is 9.23. The molecule has 0 radical (unpaired) electrons. The molecule has 7 nitrogen and oxygen atoms in total. The summed E-state index contributed by atoms with van der Waals surface area (Å²) in [6.45, 7) is 5.84. The van der Waals surface area contributed by atoms with E-state index in [-0.39, 0.29) is 0 Å². The minimum atomic E-state index is -0.589. The predicted octanol–water partition coefficient (Wildman–Crippen LogP) is 1.30. The number of fused-ring (bicyclic) bond motifs is 1. The molecule has 3 heterocycles. The first-order valence-corrected chi connectivity index (χ1v) is 9.23. The maximum Gasteiger partial charge on any atom is 0.224 e. The number of aliphatic hydroxyl groups is 1. The number of benzene rings is 1. The molecule has 0 aliphatic carbocycles. The zero-order chi connectivity index (χ0) is 18.0. The molecule has 26 heavy (non-hydrogen) atoms. The van der Waals surface area contributed by atoms with Gasteiger partial charge in [0.25, 0.3) is 0 Å². The molecular formula is C19H26N4O3. The van der Waals surface area contributed by atoms with Crippen molar-refractivity contribution in [2.75, 3.05) is 57.9 Å². The monoisotopic (exact) mass is 358 g/mol. The fourth-order valence-electron chi connectivity index (χ4n) is 3.87. The van der Waals surface area contributed by atoms with Crippen molar-refractivity contribution in [3.05, 3.63) is 24.5 Å². The second kappa shape index (κ2) is 7.34. The molecule has 1 aromatic heterocycles. The van der Waals surface area contributed by atoms with E-state index in [9.17, 15) is 5.11 Å². The quantitative estimate of drug-likeness (QED) is 0.883. The fraction of sp³-hybridized carbons (Fsp3) is 0.579. The number of anilines is 1. The van der Waals surface area contributed by atoms with Gasteiger partial charge < -0.3 is 19.5 Å². The zero-order valence-electron chi connectivity index (χ0n) is 15.2. The Kier molecular flexibility index (Phi) is 4.93. The Labute approximate surface area is 153 Å². The van der Waals surface area contributed by atoms with Gasteiger partial charge in [-0.2, -0.15) is 0 Å². The summed E-state index contributed by atoms with van der Waals surface area (Å²) in [7, 11) is 1.63. The van der Waals surface area contributed by atoms with Crippen LogP contribution >= 0.6 is 0 Å². The third-order valence-corrected chi connectivity index (χ3v) is 5.45. The molecule has 0 saturated carbocycles. The molecule has 1 aromatic carbocycles. The molecule has 1 N–H and O–H groups in total. The summed E-state index contributed by atoms with van der Waals surface area (Å²) in [5, 5.41) is 11.7. The van der Waals surface area contributed by atoms with Gasteiger partial charge in [-0.05, 0) is 18.2 Å². The fourth-order valence-corrected chi connectivity index (χ4v) is 3.87. The van der Waals surface area contributed by atoms with Gasteiger partial charge in [0, 0.05) is 64.5 Å². The predicted molar refractivity (Wildman–Crippen MR) is 99.7 cm³/mol. The maximum atomic E-state index is 10.7. The molecule has 2 aliphatic heterocycles. The normalized spacial score (nSPS) is 21.1. The first kappa shape index (κ1) is 17.5. The lowest BCUT2D eigenvalue weighted by atomic mass is 9.93. The van der Waals surface area contributed by atoms with Crippen LogP contribution in [0.5, 0.6) is 5.88 Å². The average molecular weight is 358 g/mol. The van der Waals surface area contributed by atoms with E-state index in [2.05, 4.69) is 31.9 Å². The van der Waals surface area contributed by atoms with Crippen LogP contribution in [0, 0.1) is 0 Å². The number of rotatable bonds is 4. The summed E-state index contributed by atoms with van der Waals surface area (Å²) >= 11 is 0. The van der Waals surface area contributed by atoms with Crippen LogP contribution in [-0.2, 0) is 4.74 Å². The van der Waals surface area contributed by atoms with Crippen molar-refractivity contribution in [3.8, 4) is 5.88 Å².